The van der Waals surface area contributed by atoms with Crippen LogP contribution in [0.15, 0.2) is 34.2 Å². The first-order valence-electron chi connectivity index (χ1n) is 9.35. The Morgan fingerprint density at radius 2 is 1.85 bits per heavy atom. The highest BCUT2D eigenvalue weighted by molar-refractivity contribution is 8.00. The molecule has 5 nitrogen and oxygen atoms in total. The standard InChI is InChI=1S/C20H27N3O2S/c1-13(2)23-19(25)16-7-5-6-8-17(16)21-20(23)26-15(4)18(24)22-11-9-14(3)10-12-22/h5-8,13-15H,9-12H2,1-4H3/t15-/m1/s1. The maximum Gasteiger partial charge on any atom is 0.262 e. The summed E-state index contributed by atoms with van der Waals surface area (Å²) in [5.74, 6) is 0.829. The van der Waals surface area contributed by atoms with Crippen molar-refractivity contribution in [1.29, 1.82) is 0 Å². The molecule has 2 heterocycles. The fourth-order valence-electron chi connectivity index (χ4n) is 3.36. The van der Waals surface area contributed by atoms with Crippen LogP contribution in [0.3, 0.4) is 0 Å². The van der Waals surface area contributed by atoms with Crippen LogP contribution < -0.4 is 5.56 Å². The molecule has 0 spiro atoms. The summed E-state index contributed by atoms with van der Waals surface area (Å²) in [4.78, 5) is 32.4. The number of thioether (sulfide) groups is 1. The van der Waals surface area contributed by atoms with Crippen LogP contribution in [-0.4, -0.2) is 38.7 Å². The first-order valence-corrected chi connectivity index (χ1v) is 10.2. The third-order valence-electron chi connectivity index (χ3n) is 5.02. The lowest BCUT2D eigenvalue weighted by molar-refractivity contribution is -0.131. The van der Waals surface area contributed by atoms with Crippen LogP contribution in [-0.2, 0) is 4.79 Å². The van der Waals surface area contributed by atoms with E-state index in [2.05, 4.69) is 6.92 Å². The molecule has 1 aromatic carbocycles. The third-order valence-corrected chi connectivity index (χ3v) is 6.07. The van der Waals surface area contributed by atoms with Crippen LogP contribution in [0.1, 0.15) is 46.6 Å². The molecule has 0 aliphatic carbocycles. The van der Waals surface area contributed by atoms with Crippen molar-refractivity contribution in [2.45, 2.75) is 57.0 Å². The first-order chi connectivity index (χ1) is 12.4. The summed E-state index contributed by atoms with van der Waals surface area (Å²) < 4.78 is 1.70. The molecule has 3 rings (SSSR count). The summed E-state index contributed by atoms with van der Waals surface area (Å²) in [7, 11) is 0. The van der Waals surface area contributed by atoms with Crippen LogP contribution in [0.2, 0.25) is 0 Å². The summed E-state index contributed by atoms with van der Waals surface area (Å²) in [6.07, 6.45) is 2.13. The van der Waals surface area contributed by atoms with E-state index in [0.717, 1.165) is 25.9 Å². The molecule has 1 aliphatic rings. The number of hydrogen-bond acceptors (Lipinski definition) is 4. The fourth-order valence-corrected chi connectivity index (χ4v) is 4.48. The maximum absolute atomic E-state index is 12.9. The van der Waals surface area contributed by atoms with Gasteiger partial charge < -0.3 is 4.90 Å². The van der Waals surface area contributed by atoms with Crippen LogP contribution in [0.25, 0.3) is 10.9 Å². The Kier molecular flexibility index (Phi) is 5.70. The van der Waals surface area contributed by atoms with Gasteiger partial charge in [0.25, 0.3) is 5.56 Å². The molecule has 2 aromatic rings. The quantitative estimate of drug-likeness (QED) is 0.605. The average molecular weight is 374 g/mol. The van der Waals surface area contributed by atoms with Gasteiger partial charge in [-0.3, -0.25) is 14.2 Å². The van der Waals surface area contributed by atoms with E-state index in [1.54, 1.807) is 4.57 Å². The van der Waals surface area contributed by atoms with E-state index >= 15 is 0 Å². The van der Waals surface area contributed by atoms with Crippen molar-refractivity contribution in [3.05, 3.63) is 34.6 Å². The van der Waals surface area contributed by atoms with E-state index in [-0.39, 0.29) is 22.8 Å². The Bertz CT molecular complexity index is 854. The number of para-hydroxylation sites is 1. The van der Waals surface area contributed by atoms with E-state index in [0.29, 0.717) is 22.0 Å². The third kappa shape index (κ3) is 3.80. The molecule has 0 saturated carbocycles. The van der Waals surface area contributed by atoms with Gasteiger partial charge in [-0.2, -0.15) is 0 Å². The van der Waals surface area contributed by atoms with Crippen molar-refractivity contribution < 1.29 is 4.79 Å². The average Bonchev–Trinajstić information content (AvgIpc) is 2.61. The van der Waals surface area contributed by atoms with Crippen molar-refractivity contribution in [2.75, 3.05) is 13.1 Å². The van der Waals surface area contributed by atoms with E-state index in [1.165, 1.54) is 11.8 Å². The molecule has 0 N–H and O–H groups in total. The highest BCUT2D eigenvalue weighted by Crippen LogP contribution is 2.27. The highest BCUT2D eigenvalue weighted by atomic mass is 32.2. The summed E-state index contributed by atoms with van der Waals surface area (Å²) >= 11 is 1.39. The largest absolute Gasteiger partial charge is 0.342 e. The summed E-state index contributed by atoms with van der Waals surface area (Å²) in [5.41, 5.74) is 0.642. The number of fused-ring (bicyclic) bond motifs is 1. The van der Waals surface area contributed by atoms with Crippen molar-refractivity contribution in [2.24, 2.45) is 5.92 Å². The molecule has 26 heavy (non-hydrogen) atoms. The number of carbonyl (C=O) groups excluding carboxylic acids is 1. The minimum absolute atomic E-state index is 0.0137. The predicted molar refractivity (Wildman–Crippen MR) is 107 cm³/mol. The first kappa shape index (κ1) is 19.0. The van der Waals surface area contributed by atoms with Gasteiger partial charge in [0.2, 0.25) is 5.91 Å². The summed E-state index contributed by atoms with van der Waals surface area (Å²) in [5, 5.41) is 0.978. The zero-order valence-electron chi connectivity index (χ0n) is 15.9. The zero-order chi connectivity index (χ0) is 18.8. The number of carbonyl (C=O) groups is 1. The van der Waals surface area contributed by atoms with Gasteiger partial charge >= 0.3 is 0 Å². The topological polar surface area (TPSA) is 55.2 Å². The number of amides is 1. The lowest BCUT2D eigenvalue weighted by Crippen LogP contribution is -2.42. The van der Waals surface area contributed by atoms with E-state index < -0.39 is 0 Å². The Balaban J connectivity index is 1.88. The van der Waals surface area contributed by atoms with Gasteiger partial charge in [-0.05, 0) is 51.7 Å². The second-order valence-corrected chi connectivity index (χ2v) is 8.76. The molecule has 140 valence electrons. The fraction of sp³-hybridized carbons (Fsp3) is 0.550. The molecule has 1 fully saturated rings. The van der Waals surface area contributed by atoms with Crippen molar-refractivity contribution in [3.8, 4) is 0 Å². The molecule has 0 unspecified atom stereocenters. The summed E-state index contributed by atoms with van der Waals surface area (Å²) in [6.45, 7) is 9.75. The van der Waals surface area contributed by atoms with E-state index in [4.69, 9.17) is 4.98 Å². The molecule has 1 atom stereocenters. The van der Waals surface area contributed by atoms with Crippen LogP contribution in [0, 0.1) is 5.92 Å². The zero-order valence-corrected chi connectivity index (χ0v) is 16.8. The highest BCUT2D eigenvalue weighted by Gasteiger charge is 2.27. The van der Waals surface area contributed by atoms with Crippen LogP contribution >= 0.6 is 11.8 Å². The van der Waals surface area contributed by atoms with Crippen molar-refractivity contribution in [3.63, 3.8) is 0 Å². The number of aromatic nitrogens is 2. The van der Waals surface area contributed by atoms with Gasteiger partial charge in [-0.25, -0.2) is 4.98 Å². The Morgan fingerprint density at radius 1 is 1.19 bits per heavy atom. The van der Waals surface area contributed by atoms with E-state index in [1.807, 2.05) is 49.9 Å². The van der Waals surface area contributed by atoms with Gasteiger partial charge in [0, 0.05) is 19.1 Å². The number of hydrogen-bond donors (Lipinski definition) is 0. The lowest BCUT2D eigenvalue weighted by Gasteiger charge is -2.32. The second-order valence-electron chi connectivity index (χ2n) is 7.45. The Hall–Kier alpha value is -1.82. The van der Waals surface area contributed by atoms with Crippen LogP contribution in [0.4, 0.5) is 0 Å². The van der Waals surface area contributed by atoms with Crippen molar-refractivity contribution in [1.82, 2.24) is 14.5 Å². The van der Waals surface area contributed by atoms with E-state index in [9.17, 15) is 9.59 Å². The molecule has 0 bridgehead atoms. The lowest BCUT2D eigenvalue weighted by atomic mass is 9.99. The molecule has 1 aliphatic heterocycles. The van der Waals surface area contributed by atoms with Gasteiger partial charge in [0.1, 0.15) is 0 Å². The Morgan fingerprint density at radius 3 is 2.50 bits per heavy atom. The molecule has 1 saturated heterocycles. The maximum atomic E-state index is 12.9. The minimum atomic E-state index is -0.263. The normalized spacial score (nSPS) is 17.0. The number of rotatable bonds is 4. The number of nitrogens with zero attached hydrogens (tertiary/aromatic N) is 3. The molecule has 1 aromatic heterocycles. The molecule has 6 heteroatoms. The number of likely N-dealkylation sites (tertiary alicyclic amines) is 1. The van der Waals surface area contributed by atoms with Gasteiger partial charge in [0.15, 0.2) is 5.16 Å². The van der Waals surface area contributed by atoms with Crippen molar-refractivity contribution >= 4 is 28.6 Å². The number of benzene rings is 1. The molecular weight excluding hydrogens is 346 g/mol. The van der Waals surface area contributed by atoms with Gasteiger partial charge in [-0.15, -0.1) is 0 Å². The number of piperidine rings is 1. The van der Waals surface area contributed by atoms with Gasteiger partial charge in [0.05, 0.1) is 16.2 Å². The molecule has 1 amide bonds. The minimum Gasteiger partial charge on any atom is -0.342 e. The van der Waals surface area contributed by atoms with Gasteiger partial charge in [-0.1, -0.05) is 30.8 Å². The van der Waals surface area contributed by atoms with Crippen LogP contribution in [0.5, 0.6) is 0 Å². The Labute approximate surface area is 158 Å². The SMILES string of the molecule is CC1CCN(C(=O)[C@@H](C)Sc2nc3ccccc3c(=O)n2C(C)C)CC1. The monoisotopic (exact) mass is 373 g/mol. The predicted octanol–water partition coefficient (Wildman–Crippen LogP) is 3.72. The second kappa shape index (κ2) is 7.82. The summed E-state index contributed by atoms with van der Waals surface area (Å²) in [6, 6.07) is 7.38. The molecule has 0 radical (unpaired) electrons. The smallest absolute Gasteiger partial charge is 0.262 e. The molecular formula is C20H27N3O2S.